The van der Waals surface area contributed by atoms with Gasteiger partial charge in [0.05, 0.1) is 5.69 Å². The highest BCUT2D eigenvalue weighted by Crippen LogP contribution is 2.47. The van der Waals surface area contributed by atoms with Gasteiger partial charge in [-0.1, -0.05) is 18.2 Å². The van der Waals surface area contributed by atoms with Gasteiger partial charge in [-0.05, 0) is 52.5 Å². The van der Waals surface area contributed by atoms with Gasteiger partial charge in [0, 0.05) is 23.4 Å². The van der Waals surface area contributed by atoms with Crippen molar-refractivity contribution in [2.45, 2.75) is 19.4 Å². The second-order valence-corrected chi connectivity index (χ2v) is 6.41. The molecule has 6 heteroatoms. The number of aromatic nitrogens is 1. The lowest BCUT2D eigenvalue weighted by Crippen LogP contribution is -2.39. The Balaban J connectivity index is 1.63. The fourth-order valence-electron chi connectivity index (χ4n) is 2.34. The maximum absolute atomic E-state index is 12.5. The Kier molecular flexibility index (Phi) is 4.43. The molecule has 1 heterocycles. The van der Waals surface area contributed by atoms with Gasteiger partial charge in [0.25, 0.3) is 0 Å². The lowest BCUT2D eigenvalue weighted by Gasteiger charge is -2.16. The van der Waals surface area contributed by atoms with Crippen LogP contribution in [-0.2, 0) is 16.1 Å². The Bertz CT molecular complexity index is 730. The number of amides is 2. The van der Waals surface area contributed by atoms with Crippen molar-refractivity contribution < 1.29 is 9.59 Å². The lowest BCUT2D eigenvalue weighted by atomic mass is 10.0. The van der Waals surface area contributed by atoms with E-state index in [0.717, 1.165) is 10.0 Å². The Hall–Kier alpha value is -2.21. The third-order valence-electron chi connectivity index (χ3n) is 3.92. The Labute approximate surface area is 142 Å². The molecule has 3 rings (SSSR count). The van der Waals surface area contributed by atoms with Crippen molar-refractivity contribution in [2.75, 3.05) is 5.32 Å². The van der Waals surface area contributed by atoms with Gasteiger partial charge < -0.3 is 10.6 Å². The average molecular weight is 374 g/mol. The summed E-state index contributed by atoms with van der Waals surface area (Å²) >= 11 is 3.39. The number of para-hydroxylation sites is 1. The second-order valence-electron chi connectivity index (χ2n) is 5.56. The van der Waals surface area contributed by atoms with Crippen LogP contribution in [0.15, 0.2) is 53.3 Å². The molecule has 0 aliphatic heterocycles. The molecule has 2 aromatic rings. The fraction of sp³-hybridized carbons (Fsp3) is 0.235. The minimum Gasteiger partial charge on any atom is -0.351 e. The summed E-state index contributed by atoms with van der Waals surface area (Å²) in [6, 6.07) is 11.0. The first-order valence-corrected chi connectivity index (χ1v) is 8.14. The van der Waals surface area contributed by atoms with Crippen LogP contribution < -0.4 is 10.6 Å². The number of carbonyl (C=O) groups excluding carboxylic acids is 2. The lowest BCUT2D eigenvalue weighted by molar-refractivity contribution is -0.134. The quantitative estimate of drug-likeness (QED) is 0.791. The number of benzene rings is 1. The van der Waals surface area contributed by atoms with Crippen molar-refractivity contribution in [3.05, 3.63) is 58.8 Å². The zero-order valence-corrected chi connectivity index (χ0v) is 14.0. The van der Waals surface area contributed by atoms with E-state index in [1.807, 2.05) is 30.3 Å². The molecule has 1 aliphatic carbocycles. The monoisotopic (exact) mass is 373 g/mol. The number of hydrogen-bond acceptors (Lipinski definition) is 3. The minimum atomic E-state index is -0.947. The third kappa shape index (κ3) is 3.42. The van der Waals surface area contributed by atoms with E-state index in [1.54, 1.807) is 18.5 Å². The topological polar surface area (TPSA) is 71.1 Å². The van der Waals surface area contributed by atoms with Gasteiger partial charge in [-0.3, -0.25) is 14.6 Å². The molecular formula is C17H16BrN3O2. The van der Waals surface area contributed by atoms with E-state index in [1.165, 1.54) is 0 Å². The predicted octanol–water partition coefficient (Wildman–Crippen LogP) is 2.88. The Morgan fingerprint density at radius 2 is 1.91 bits per heavy atom. The molecule has 2 amide bonds. The van der Waals surface area contributed by atoms with Crippen LogP contribution in [0, 0.1) is 5.41 Å². The highest BCUT2D eigenvalue weighted by molar-refractivity contribution is 9.10. The van der Waals surface area contributed by atoms with Gasteiger partial charge in [-0.25, -0.2) is 0 Å². The van der Waals surface area contributed by atoms with Crippen LogP contribution >= 0.6 is 15.9 Å². The molecule has 0 bridgehead atoms. The van der Waals surface area contributed by atoms with E-state index in [0.29, 0.717) is 25.1 Å². The molecule has 0 unspecified atom stereocenters. The summed E-state index contributed by atoms with van der Waals surface area (Å²) in [4.78, 5) is 28.9. The average Bonchev–Trinajstić information content (AvgIpc) is 3.38. The number of anilines is 1. The molecular weight excluding hydrogens is 358 g/mol. The van der Waals surface area contributed by atoms with Crippen LogP contribution in [0.3, 0.4) is 0 Å². The first-order valence-electron chi connectivity index (χ1n) is 7.35. The highest BCUT2D eigenvalue weighted by Gasteiger charge is 2.56. The third-order valence-corrected chi connectivity index (χ3v) is 4.61. The Morgan fingerprint density at radius 3 is 2.57 bits per heavy atom. The number of hydrogen-bond donors (Lipinski definition) is 2. The van der Waals surface area contributed by atoms with Gasteiger partial charge in [0.15, 0.2) is 0 Å². The van der Waals surface area contributed by atoms with Crippen molar-refractivity contribution in [1.82, 2.24) is 10.3 Å². The van der Waals surface area contributed by atoms with Gasteiger partial charge in [-0.2, -0.15) is 0 Å². The molecule has 0 atom stereocenters. The SMILES string of the molecule is O=C(NCc1cccnc1)C1(C(=O)Nc2ccccc2Br)CC1. The van der Waals surface area contributed by atoms with Crippen LogP contribution in [-0.4, -0.2) is 16.8 Å². The summed E-state index contributed by atoms with van der Waals surface area (Å²) in [5.41, 5.74) is 0.629. The molecule has 0 saturated heterocycles. The van der Waals surface area contributed by atoms with Gasteiger partial charge in [-0.15, -0.1) is 0 Å². The van der Waals surface area contributed by atoms with E-state index in [-0.39, 0.29) is 11.8 Å². The molecule has 1 aliphatic rings. The van der Waals surface area contributed by atoms with Crippen molar-refractivity contribution in [2.24, 2.45) is 5.41 Å². The molecule has 5 nitrogen and oxygen atoms in total. The fourth-order valence-corrected chi connectivity index (χ4v) is 2.72. The normalized spacial score (nSPS) is 14.8. The van der Waals surface area contributed by atoms with E-state index in [4.69, 9.17) is 0 Å². The number of carbonyl (C=O) groups is 2. The molecule has 1 aromatic carbocycles. The summed E-state index contributed by atoms with van der Waals surface area (Å²) in [5.74, 6) is -0.487. The molecule has 118 valence electrons. The van der Waals surface area contributed by atoms with Crippen LogP contribution in [0.1, 0.15) is 18.4 Å². The first-order chi connectivity index (χ1) is 11.1. The number of nitrogens with one attached hydrogen (secondary N) is 2. The van der Waals surface area contributed by atoms with Crippen molar-refractivity contribution >= 4 is 33.4 Å². The predicted molar refractivity (Wildman–Crippen MR) is 90.5 cm³/mol. The van der Waals surface area contributed by atoms with Crippen molar-refractivity contribution in [1.29, 1.82) is 0 Å². The second kappa shape index (κ2) is 6.50. The maximum Gasteiger partial charge on any atom is 0.240 e. The zero-order chi connectivity index (χ0) is 16.3. The van der Waals surface area contributed by atoms with Crippen LogP contribution in [0.4, 0.5) is 5.69 Å². The highest BCUT2D eigenvalue weighted by atomic mass is 79.9. The molecule has 0 spiro atoms. The summed E-state index contributed by atoms with van der Waals surface area (Å²) in [5, 5.41) is 5.66. The molecule has 2 N–H and O–H groups in total. The standard InChI is InChI=1S/C17H16BrN3O2/c18-13-5-1-2-6-14(13)21-16(23)17(7-8-17)15(22)20-11-12-4-3-9-19-10-12/h1-6,9-10H,7-8,11H2,(H,20,22)(H,21,23). The maximum atomic E-state index is 12.5. The minimum absolute atomic E-state index is 0.231. The van der Waals surface area contributed by atoms with Crippen LogP contribution in [0.5, 0.6) is 0 Å². The van der Waals surface area contributed by atoms with Gasteiger partial charge in [0.2, 0.25) is 11.8 Å². The Morgan fingerprint density at radius 1 is 1.13 bits per heavy atom. The smallest absolute Gasteiger partial charge is 0.240 e. The summed E-state index contributed by atoms with van der Waals surface area (Å²) < 4.78 is 0.792. The number of nitrogens with zero attached hydrogens (tertiary/aromatic N) is 1. The number of halogens is 1. The summed E-state index contributed by atoms with van der Waals surface area (Å²) in [6.45, 7) is 0.372. The van der Waals surface area contributed by atoms with Crippen molar-refractivity contribution in [3.8, 4) is 0 Å². The summed E-state index contributed by atoms with van der Waals surface area (Å²) in [7, 11) is 0. The van der Waals surface area contributed by atoms with Crippen molar-refractivity contribution in [3.63, 3.8) is 0 Å². The van der Waals surface area contributed by atoms with E-state index < -0.39 is 5.41 Å². The summed E-state index contributed by atoms with van der Waals surface area (Å²) in [6.07, 6.45) is 4.52. The zero-order valence-electron chi connectivity index (χ0n) is 12.4. The molecule has 23 heavy (non-hydrogen) atoms. The van der Waals surface area contributed by atoms with E-state index in [2.05, 4.69) is 31.5 Å². The molecule has 0 radical (unpaired) electrons. The molecule has 1 fully saturated rings. The number of rotatable bonds is 5. The first kappa shape index (κ1) is 15.7. The van der Waals surface area contributed by atoms with Gasteiger partial charge in [0.1, 0.15) is 5.41 Å². The van der Waals surface area contributed by atoms with Crippen LogP contribution in [0.2, 0.25) is 0 Å². The van der Waals surface area contributed by atoms with E-state index >= 15 is 0 Å². The van der Waals surface area contributed by atoms with Crippen LogP contribution in [0.25, 0.3) is 0 Å². The molecule has 1 aromatic heterocycles. The number of pyridine rings is 1. The molecule has 1 saturated carbocycles. The largest absolute Gasteiger partial charge is 0.351 e. The van der Waals surface area contributed by atoms with Gasteiger partial charge >= 0.3 is 0 Å². The van der Waals surface area contributed by atoms with E-state index in [9.17, 15) is 9.59 Å².